The molecule has 1 fully saturated rings. The SMILES string of the molecule is O=C(CC(=O)N1CCCCCC1)NCCc1ccccc1. The molecule has 21 heavy (non-hydrogen) atoms. The normalized spacial score (nSPS) is 15.3. The average molecular weight is 288 g/mol. The van der Waals surface area contributed by atoms with Crippen LogP contribution in [-0.4, -0.2) is 36.3 Å². The number of benzene rings is 1. The Kier molecular flexibility index (Phi) is 6.25. The Morgan fingerprint density at radius 1 is 1.00 bits per heavy atom. The van der Waals surface area contributed by atoms with Crippen molar-refractivity contribution >= 4 is 11.8 Å². The molecule has 2 amide bonds. The first-order chi connectivity index (χ1) is 10.3. The van der Waals surface area contributed by atoms with Crippen LogP contribution in [0.15, 0.2) is 30.3 Å². The average Bonchev–Trinajstić information content (AvgIpc) is 2.77. The quantitative estimate of drug-likeness (QED) is 0.844. The third-order valence-electron chi connectivity index (χ3n) is 3.85. The molecule has 0 aromatic heterocycles. The van der Waals surface area contributed by atoms with Gasteiger partial charge in [-0.1, -0.05) is 43.2 Å². The fourth-order valence-corrected chi connectivity index (χ4v) is 2.62. The van der Waals surface area contributed by atoms with Crippen molar-refractivity contribution in [2.24, 2.45) is 0 Å². The number of carbonyl (C=O) groups is 2. The predicted molar refractivity (Wildman–Crippen MR) is 82.8 cm³/mol. The molecule has 4 heteroatoms. The lowest BCUT2D eigenvalue weighted by molar-refractivity contribution is -0.136. The van der Waals surface area contributed by atoms with E-state index in [0.717, 1.165) is 32.4 Å². The number of carbonyl (C=O) groups excluding carboxylic acids is 2. The molecule has 1 aromatic rings. The standard InChI is InChI=1S/C17H24N2O2/c20-16(18-11-10-15-8-4-3-5-9-15)14-17(21)19-12-6-1-2-7-13-19/h3-5,8-9H,1-2,6-7,10-14H2,(H,18,20). The Balaban J connectivity index is 1.67. The topological polar surface area (TPSA) is 49.4 Å². The Morgan fingerprint density at radius 2 is 1.67 bits per heavy atom. The van der Waals surface area contributed by atoms with E-state index in [1.54, 1.807) is 0 Å². The second-order valence-electron chi connectivity index (χ2n) is 5.56. The van der Waals surface area contributed by atoms with Gasteiger partial charge in [-0.3, -0.25) is 9.59 Å². The Hall–Kier alpha value is -1.84. The van der Waals surface area contributed by atoms with Crippen LogP contribution in [0.25, 0.3) is 0 Å². The van der Waals surface area contributed by atoms with Crippen LogP contribution in [0.2, 0.25) is 0 Å². The monoisotopic (exact) mass is 288 g/mol. The number of nitrogens with one attached hydrogen (secondary N) is 1. The zero-order chi connectivity index (χ0) is 14.9. The fourth-order valence-electron chi connectivity index (χ4n) is 2.62. The third-order valence-corrected chi connectivity index (χ3v) is 3.85. The van der Waals surface area contributed by atoms with Crippen molar-refractivity contribution in [3.8, 4) is 0 Å². The molecule has 2 rings (SSSR count). The molecule has 0 radical (unpaired) electrons. The van der Waals surface area contributed by atoms with Gasteiger partial charge in [-0.15, -0.1) is 0 Å². The zero-order valence-corrected chi connectivity index (χ0v) is 12.5. The highest BCUT2D eigenvalue weighted by Gasteiger charge is 2.18. The second-order valence-corrected chi connectivity index (χ2v) is 5.56. The summed E-state index contributed by atoms with van der Waals surface area (Å²) in [6.07, 6.45) is 5.27. The summed E-state index contributed by atoms with van der Waals surface area (Å²) >= 11 is 0. The lowest BCUT2D eigenvalue weighted by Crippen LogP contribution is -2.36. The van der Waals surface area contributed by atoms with Crippen LogP contribution in [0, 0.1) is 0 Å². The van der Waals surface area contributed by atoms with E-state index in [0.29, 0.717) is 6.54 Å². The summed E-state index contributed by atoms with van der Waals surface area (Å²) in [6.45, 7) is 2.18. The summed E-state index contributed by atoms with van der Waals surface area (Å²) in [5, 5.41) is 2.83. The number of hydrogen-bond donors (Lipinski definition) is 1. The van der Waals surface area contributed by atoms with Crippen molar-refractivity contribution in [2.45, 2.75) is 38.5 Å². The molecule has 1 heterocycles. The summed E-state index contributed by atoms with van der Waals surface area (Å²) in [7, 11) is 0. The van der Waals surface area contributed by atoms with E-state index in [4.69, 9.17) is 0 Å². The zero-order valence-electron chi connectivity index (χ0n) is 12.5. The van der Waals surface area contributed by atoms with Crippen LogP contribution >= 0.6 is 0 Å². The van der Waals surface area contributed by atoms with E-state index in [-0.39, 0.29) is 18.2 Å². The van der Waals surface area contributed by atoms with Crippen LogP contribution in [0.1, 0.15) is 37.7 Å². The Bertz CT molecular complexity index is 451. The molecule has 0 aliphatic carbocycles. The van der Waals surface area contributed by atoms with E-state index in [1.807, 2.05) is 35.2 Å². The molecule has 0 bridgehead atoms. The molecular weight excluding hydrogens is 264 g/mol. The first kappa shape index (κ1) is 15.5. The maximum Gasteiger partial charge on any atom is 0.232 e. The van der Waals surface area contributed by atoms with Gasteiger partial charge in [-0.05, 0) is 24.8 Å². The molecule has 114 valence electrons. The minimum Gasteiger partial charge on any atom is -0.355 e. The summed E-state index contributed by atoms with van der Waals surface area (Å²) in [4.78, 5) is 25.7. The van der Waals surface area contributed by atoms with E-state index in [9.17, 15) is 9.59 Å². The minimum atomic E-state index is -0.167. The second kappa shape index (κ2) is 8.45. The lowest BCUT2D eigenvalue weighted by Gasteiger charge is -2.19. The highest BCUT2D eigenvalue weighted by atomic mass is 16.2. The molecule has 1 saturated heterocycles. The summed E-state index contributed by atoms with van der Waals surface area (Å²) < 4.78 is 0. The van der Waals surface area contributed by atoms with Gasteiger partial charge < -0.3 is 10.2 Å². The van der Waals surface area contributed by atoms with Crippen LogP contribution < -0.4 is 5.32 Å². The molecule has 1 aromatic carbocycles. The molecule has 1 aliphatic rings. The summed E-state index contributed by atoms with van der Waals surface area (Å²) in [6, 6.07) is 10.0. The highest BCUT2D eigenvalue weighted by molar-refractivity contribution is 5.96. The van der Waals surface area contributed by atoms with Gasteiger partial charge in [0.15, 0.2) is 0 Å². The smallest absolute Gasteiger partial charge is 0.232 e. The van der Waals surface area contributed by atoms with Crippen molar-refractivity contribution in [1.82, 2.24) is 10.2 Å². The third kappa shape index (κ3) is 5.58. The summed E-state index contributed by atoms with van der Waals surface area (Å²) in [5.74, 6) is -0.200. The van der Waals surface area contributed by atoms with E-state index in [1.165, 1.54) is 18.4 Å². The van der Waals surface area contributed by atoms with Crippen LogP contribution in [0.3, 0.4) is 0 Å². The highest BCUT2D eigenvalue weighted by Crippen LogP contribution is 2.10. The number of rotatable bonds is 5. The van der Waals surface area contributed by atoms with Crippen molar-refractivity contribution in [3.05, 3.63) is 35.9 Å². The number of hydrogen-bond acceptors (Lipinski definition) is 2. The van der Waals surface area contributed by atoms with Crippen molar-refractivity contribution in [2.75, 3.05) is 19.6 Å². The van der Waals surface area contributed by atoms with Crippen LogP contribution in [-0.2, 0) is 16.0 Å². The van der Waals surface area contributed by atoms with Gasteiger partial charge >= 0.3 is 0 Å². The van der Waals surface area contributed by atoms with Crippen LogP contribution in [0.5, 0.6) is 0 Å². The number of amides is 2. The largest absolute Gasteiger partial charge is 0.355 e. The Labute approximate surface area is 126 Å². The first-order valence-corrected chi connectivity index (χ1v) is 7.84. The van der Waals surface area contributed by atoms with Gasteiger partial charge in [0.1, 0.15) is 6.42 Å². The molecule has 4 nitrogen and oxygen atoms in total. The minimum absolute atomic E-state index is 0.0191. The van der Waals surface area contributed by atoms with Crippen molar-refractivity contribution in [1.29, 1.82) is 0 Å². The molecule has 0 spiro atoms. The molecule has 1 N–H and O–H groups in total. The predicted octanol–water partition coefficient (Wildman–Crippen LogP) is 2.14. The van der Waals surface area contributed by atoms with E-state index in [2.05, 4.69) is 5.32 Å². The van der Waals surface area contributed by atoms with Gasteiger partial charge in [0.2, 0.25) is 11.8 Å². The van der Waals surface area contributed by atoms with Gasteiger partial charge in [-0.25, -0.2) is 0 Å². The molecular formula is C17H24N2O2. The van der Waals surface area contributed by atoms with Gasteiger partial charge in [0.05, 0.1) is 0 Å². The number of likely N-dealkylation sites (tertiary alicyclic amines) is 1. The molecule has 1 aliphatic heterocycles. The van der Waals surface area contributed by atoms with Gasteiger partial charge in [0, 0.05) is 19.6 Å². The van der Waals surface area contributed by atoms with E-state index >= 15 is 0 Å². The molecule has 0 unspecified atom stereocenters. The van der Waals surface area contributed by atoms with Crippen LogP contribution in [0.4, 0.5) is 0 Å². The first-order valence-electron chi connectivity index (χ1n) is 7.84. The fraction of sp³-hybridized carbons (Fsp3) is 0.529. The van der Waals surface area contributed by atoms with Crippen molar-refractivity contribution in [3.63, 3.8) is 0 Å². The maximum absolute atomic E-state index is 12.1. The van der Waals surface area contributed by atoms with Gasteiger partial charge in [-0.2, -0.15) is 0 Å². The van der Waals surface area contributed by atoms with E-state index < -0.39 is 0 Å². The van der Waals surface area contributed by atoms with Crippen molar-refractivity contribution < 1.29 is 9.59 Å². The van der Waals surface area contributed by atoms with Gasteiger partial charge in [0.25, 0.3) is 0 Å². The Morgan fingerprint density at radius 3 is 2.33 bits per heavy atom. The molecule has 0 atom stereocenters. The lowest BCUT2D eigenvalue weighted by atomic mass is 10.1. The maximum atomic E-state index is 12.1. The molecule has 0 saturated carbocycles. The summed E-state index contributed by atoms with van der Waals surface area (Å²) in [5.41, 5.74) is 1.19. The number of nitrogens with zero attached hydrogens (tertiary/aromatic N) is 1.